The summed E-state index contributed by atoms with van der Waals surface area (Å²) in [7, 11) is 0. The standard InChI is InChI=1S/C26H27N5O3S/c1-2-33-22-16-19(11-12-21(22)34-17-18-9-5-3-6-10-18)15-20-23(27)31-25(28-24(20)32)35-26(29-31)30-13-7-4-8-14-30/h3,5-6,9-12,15-16,27H,2,4,7-8,13-14,17H2,1H3/b20-15+,27-23?. The van der Waals surface area contributed by atoms with Crippen LogP contribution in [0.25, 0.3) is 6.08 Å². The van der Waals surface area contributed by atoms with Crippen molar-refractivity contribution in [1.82, 2.24) is 9.91 Å². The molecule has 0 aromatic heterocycles. The Hall–Kier alpha value is -3.59. The minimum atomic E-state index is -0.439. The number of fused-ring (bicyclic) bond motifs is 1. The number of likely N-dealkylation sites (tertiary alicyclic amines) is 1. The Morgan fingerprint density at radius 3 is 2.60 bits per heavy atom. The summed E-state index contributed by atoms with van der Waals surface area (Å²) in [5, 5.41) is 16.0. The topological polar surface area (TPSA) is 90.6 Å². The van der Waals surface area contributed by atoms with E-state index in [4.69, 9.17) is 14.9 Å². The van der Waals surface area contributed by atoms with Crippen LogP contribution in [0.3, 0.4) is 0 Å². The first-order chi connectivity index (χ1) is 17.1. The van der Waals surface area contributed by atoms with E-state index in [1.807, 2.05) is 55.5 Å². The maximum Gasteiger partial charge on any atom is 0.283 e. The van der Waals surface area contributed by atoms with Crippen LogP contribution in [-0.2, 0) is 11.4 Å². The molecule has 2 aromatic carbocycles. The molecule has 0 unspecified atom stereocenters. The van der Waals surface area contributed by atoms with Crippen LogP contribution in [0.5, 0.6) is 11.5 Å². The molecular weight excluding hydrogens is 462 g/mol. The number of thioether (sulfide) groups is 1. The van der Waals surface area contributed by atoms with E-state index in [1.54, 1.807) is 6.08 Å². The Labute approximate surface area is 208 Å². The minimum Gasteiger partial charge on any atom is -0.490 e. The molecule has 0 saturated carbocycles. The van der Waals surface area contributed by atoms with E-state index in [2.05, 4.69) is 15.0 Å². The molecule has 0 radical (unpaired) electrons. The van der Waals surface area contributed by atoms with Crippen molar-refractivity contribution in [3.8, 4) is 11.5 Å². The molecule has 0 spiro atoms. The van der Waals surface area contributed by atoms with Gasteiger partial charge < -0.3 is 14.4 Å². The Bertz CT molecular complexity index is 1220. The number of piperidine rings is 1. The summed E-state index contributed by atoms with van der Waals surface area (Å²) < 4.78 is 11.8. The summed E-state index contributed by atoms with van der Waals surface area (Å²) in [6.45, 7) is 4.69. The molecule has 8 nitrogen and oxygen atoms in total. The third kappa shape index (κ3) is 5.09. The zero-order valence-electron chi connectivity index (χ0n) is 19.6. The second kappa shape index (κ2) is 10.4. The highest BCUT2D eigenvalue weighted by molar-refractivity contribution is 8.26. The number of rotatable bonds is 6. The molecular formula is C26H27N5O3S. The molecule has 1 saturated heterocycles. The highest BCUT2D eigenvalue weighted by atomic mass is 32.2. The molecule has 0 atom stereocenters. The number of amidine groups is 3. The maximum absolute atomic E-state index is 12.8. The molecule has 1 fully saturated rings. The van der Waals surface area contributed by atoms with Crippen molar-refractivity contribution in [3.05, 3.63) is 65.2 Å². The van der Waals surface area contributed by atoms with E-state index in [0.29, 0.717) is 29.9 Å². The summed E-state index contributed by atoms with van der Waals surface area (Å²) in [5.41, 5.74) is 1.97. The van der Waals surface area contributed by atoms with Crippen LogP contribution in [0.4, 0.5) is 0 Å². The normalized spacial score (nSPS) is 18.9. The van der Waals surface area contributed by atoms with Crippen molar-refractivity contribution in [3.63, 3.8) is 0 Å². The molecule has 3 heterocycles. The number of carbonyl (C=O) groups excluding carboxylic acids is 1. The number of nitrogens with zero attached hydrogens (tertiary/aromatic N) is 4. The van der Waals surface area contributed by atoms with Crippen LogP contribution in [0.15, 0.2) is 64.2 Å². The Morgan fingerprint density at radius 2 is 1.83 bits per heavy atom. The fourth-order valence-electron chi connectivity index (χ4n) is 4.10. The molecule has 35 heavy (non-hydrogen) atoms. The number of hydrazone groups is 1. The molecule has 9 heteroatoms. The van der Waals surface area contributed by atoms with Gasteiger partial charge in [-0.2, -0.15) is 10.0 Å². The zero-order chi connectivity index (χ0) is 24.2. The molecule has 1 N–H and O–H groups in total. The summed E-state index contributed by atoms with van der Waals surface area (Å²) in [5.74, 6) is 0.793. The van der Waals surface area contributed by atoms with Crippen LogP contribution in [-0.4, -0.2) is 51.7 Å². The zero-order valence-corrected chi connectivity index (χ0v) is 20.4. The molecule has 180 valence electrons. The third-order valence-electron chi connectivity index (χ3n) is 5.89. The fraction of sp³-hybridized carbons (Fsp3) is 0.308. The first kappa shape index (κ1) is 23.2. The predicted molar refractivity (Wildman–Crippen MR) is 139 cm³/mol. The lowest BCUT2D eigenvalue weighted by atomic mass is 10.1. The van der Waals surface area contributed by atoms with Crippen molar-refractivity contribution in [2.45, 2.75) is 32.8 Å². The number of hydrogen-bond acceptors (Lipinski definition) is 7. The number of nitrogens with one attached hydrogen (secondary N) is 1. The summed E-state index contributed by atoms with van der Waals surface area (Å²) in [4.78, 5) is 19.2. The van der Waals surface area contributed by atoms with Crippen molar-refractivity contribution < 1.29 is 14.3 Å². The van der Waals surface area contributed by atoms with Gasteiger partial charge in [0.05, 0.1) is 12.2 Å². The average Bonchev–Trinajstić information content (AvgIpc) is 3.32. The lowest BCUT2D eigenvalue weighted by Gasteiger charge is -2.26. The number of benzene rings is 2. The van der Waals surface area contributed by atoms with Crippen molar-refractivity contribution in [2.24, 2.45) is 10.1 Å². The highest BCUT2D eigenvalue weighted by Crippen LogP contribution is 2.33. The van der Waals surface area contributed by atoms with Crippen LogP contribution >= 0.6 is 11.8 Å². The first-order valence-electron chi connectivity index (χ1n) is 11.8. The van der Waals surface area contributed by atoms with Crippen molar-refractivity contribution in [2.75, 3.05) is 19.7 Å². The Kier molecular flexibility index (Phi) is 6.85. The molecule has 1 amide bonds. The number of aliphatic imine (C=N–C) groups is 1. The van der Waals surface area contributed by atoms with Gasteiger partial charge in [-0.05, 0) is 67.3 Å². The summed E-state index contributed by atoms with van der Waals surface area (Å²) in [6, 6.07) is 15.4. The lowest BCUT2D eigenvalue weighted by molar-refractivity contribution is -0.114. The van der Waals surface area contributed by atoms with Gasteiger partial charge in [0, 0.05) is 13.1 Å². The van der Waals surface area contributed by atoms with Crippen LogP contribution < -0.4 is 9.47 Å². The molecule has 3 aliphatic heterocycles. The van der Waals surface area contributed by atoms with Gasteiger partial charge in [-0.25, -0.2) is 0 Å². The maximum atomic E-state index is 12.8. The first-order valence-corrected chi connectivity index (χ1v) is 12.6. The van der Waals surface area contributed by atoms with E-state index < -0.39 is 5.91 Å². The van der Waals surface area contributed by atoms with Crippen LogP contribution in [0.2, 0.25) is 0 Å². The van der Waals surface area contributed by atoms with E-state index in [9.17, 15) is 4.79 Å². The highest BCUT2D eigenvalue weighted by Gasteiger charge is 2.37. The lowest BCUT2D eigenvalue weighted by Crippen LogP contribution is -2.35. The Morgan fingerprint density at radius 1 is 1.03 bits per heavy atom. The van der Waals surface area contributed by atoms with Crippen molar-refractivity contribution >= 4 is 39.9 Å². The molecule has 5 rings (SSSR count). The van der Waals surface area contributed by atoms with E-state index in [1.165, 1.54) is 23.2 Å². The fourth-order valence-corrected chi connectivity index (χ4v) is 5.04. The van der Waals surface area contributed by atoms with Gasteiger partial charge in [0.2, 0.25) is 5.17 Å². The number of hydrogen-bond donors (Lipinski definition) is 1. The van der Waals surface area contributed by atoms with E-state index in [0.717, 1.165) is 42.2 Å². The molecule has 3 aliphatic rings. The van der Waals surface area contributed by atoms with Gasteiger partial charge in [-0.1, -0.05) is 36.4 Å². The Balaban J connectivity index is 1.36. The largest absolute Gasteiger partial charge is 0.490 e. The molecule has 0 bridgehead atoms. The summed E-state index contributed by atoms with van der Waals surface area (Å²) >= 11 is 1.36. The van der Waals surface area contributed by atoms with Gasteiger partial charge in [-0.15, -0.1) is 5.10 Å². The van der Waals surface area contributed by atoms with E-state index in [-0.39, 0.29) is 11.4 Å². The predicted octanol–water partition coefficient (Wildman–Crippen LogP) is 4.73. The summed E-state index contributed by atoms with van der Waals surface area (Å²) in [6.07, 6.45) is 5.13. The van der Waals surface area contributed by atoms with Gasteiger partial charge in [-0.3, -0.25) is 10.2 Å². The monoisotopic (exact) mass is 489 g/mol. The average molecular weight is 490 g/mol. The SMILES string of the molecule is CCOc1cc(/C=C2\C(=N)N3N=C(N4CCCCC4)SC3=NC2=O)ccc1OCc1ccccc1. The number of amides is 1. The van der Waals surface area contributed by atoms with Gasteiger partial charge in [0.15, 0.2) is 22.5 Å². The third-order valence-corrected chi connectivity index (χ3v) is 6.86. The molecule has 2 aromatic rings. The minimum absolute atomic E-state index is 0.0295. The van der Waals surface area contributed by atoms with Gasteiger partial charge in [0.25, 0.3) is 5.91 Å². The van der Waals surface area contributed by atoms with Gasteiger partial charge >= 0.3 is 0 Å². The second-order valence-electron chi connectivity index (χ2n) is 8.36. The molecule has 0 aliphatic carbocycles. The van der Waals surface area contributed by atoms with E-state index >= 15 is 0 Å². The number of carbonyl (C=O) groups is 1. The van der Waals surface area contributed by atoms with Gasteiger partial charge in [0.1, 0.15) is 6.61 Å². The van der Waals surface area contributed by atoms with Crippen molar-refractivity contribution in [1.29, 1.82) is 5.41 Å². The van der Waals surface area contributed by atoms with Crippen LogP contribution in [0.1, 0.15) is 37.3 Å². The smallest absolute Gasteiger partial charge is 0.283 e. The second-order valence-corrected chi connectivity index (χ2v) is 9.30. The number of ether oxygens (including phenoxy) is 2. The van der Waals surface area contributed by atoms with Crippen LogP contribution in [0, 0.1) is 5.41 Å². The quantitative estimate of drug-likeness (QED) is 0.590.